The van der Waals surface area contributed by atoms with Gasteiger partial charge in [0.25, 0.3) is 5.69 Å². The summed E-state index contributed by atoms with van der Waals surface area (Å²) in [7, 11) is 1.15. The Morgan fingerprint density at radius 2 is 2.08 bits per heavy atom. The lowest BCUT2D eigenvalue weighted by Crippen LogP contribution is -2.30. The number of fused-ring (bicyclic) bond motifs is 1. The zero-order valence-electron chi connectivity index (χ0n) is 13.8. The number of esters is 1. The van der Waals surface area contributed by atoms with Crippen LogP contribution >= 0.6 is 0 Å². The van der Waals surface area contributed by atoms with Crippen LogP contribution in [0.2, 0.25) is 0 Å². The van der Waals surface area contributed by atoms with Crippen LogP contribution in [0, 0.1) is 17.0 Å². The Bertz CT molecular complexity index is 1010. The van der Waals surface area contributed by atoms with Crippen LogP contribution in [-0.2, 0) is 9.53 Å². The van der Waals surface area contributed by atoms with Gasteiger partial charge in [0.15, 0.2) is 0 Å². The summed E-state index contributed by atoms with van der Waals surface area (Å²) in [6.45, 7) is 1.56. The van der Waals surface area contributed by atoms with Gasteiger partial charge in [0.1, 0.15) is 17.1 Å². The quantitative estimate of drug-likeness (QED) is 0.498. The van der Waals surface area contributed by atoms with Crippen molar-refractivity contribution < 1.29 is 23.6 Å². The minimum atomic E-state index is -1.03. The summed E-state index contributed by atoms with van der Waals surface area (Å²) in [5.74, 6) is -1.67. The fraction of sp³-hybridized carbons (Fsp3) is 0.176. The lowest BCUT2D eigenvalue weighted by atomic mass is 9.83. The van der Waals surface area contributed by atoms with Crippen LogP contribution in [0.5, 0.6) is 5.75 Å². The van der Waals surface area contributed by atoms with Crippen molar-refractivity contribution in [1.82, 2.24) is 0 Å². The average Bonchev–Trinajstić information content (AvgIpc) is 2.59. The zero-order chi connectivity index (χ0) is 19.0. The summed E-state index contributed by atoms with van der Waals surface area (Å²) in [5, 5.41) is 11.1. The standard InChI is InChI=1S/C17H14N2O7/c1-8-6-11-13(17(21)25-8)12(14(15(18)26-11)16(20)24-2)9-4-3-5-10(7-9)19(22)23/h3-7,12H,18H2,1-2H3/t12-/m0/s1. The van der Waals surface area contributed by atoms with Crippen LogP contribution in [0.3, 0.4) is 0 Å². The van der Waals surface area contributed by atoms with Gasteiger partial charge in [0.05, 0.1) is 23.5 Å². The number of hydrogen-bond acceptors (Lipinski definition) is 8. The van der Waals surface area contributed by atoms with Crippen molar-refractivity contribution in [2.75, 3.05) is 7.11 Å². The molecule has 2 N–H and O–H groups in total. The molecule has 1 aliphatic heterocycles. The van der Waals surface area contributed by atoms with Crippen molar-refractivity contribution in [1.29, 1.82) is 0 Å². The van der Waals surface area contributed by atoms with Gasteiger partial charge in [0.2, 0.25) is 5.88 Å². The monoisotopic (exact) mass is 358 g/mol. The predicted molar refractivity (Wildman–Crippen MR) is 88.5 cm³/mol. The van der Waals surface area contributed by atoms with E-state index in [9.17, 15) is 19.7 Å². The lowest BCUT2D eigenvalue weighted by molar-refractivity contribution is -0.384. The van der Waals surface area contributed by atoms with Crippen molar-refractivity contribution in [2.45, 2.75) is 12.8 Å². The number of nitrogens with two attached hydrogens (primary N) is 1. The third kappa shape index (κ3) is 2.79. The Morgan fingerprint density at radius 1 is 1.35 bits per heavy atom. The first-order valence-electron chi connectivity index (χ1n) is 7.48. The highest BCUT2D eigenvalue weighted by Crippen LogP contribution is 2.41. The third-order valence-corrected chi connectivity index (χ3v) is 3.96. The maximum atomic E-state index is 12.5. The van der Waals surface area contributed by atoms with Crippen LogP contribution in [0.15, 0.2) is 51.0 Å². The summed E-state index contributed by atoms with van der Waals surface area (Å²) in [5.41, 5.74) is 5.16. The second kappa shape index (κ2) is 6.36. The van der Waals surface area contributed by atoms with Crippen LogP contribution in [0.25, 0.3) is 0 Å². The molecule has 1 aromatic carbocycles. The van der Waals surface area contributed by atoms with Crippen molar-refractivity contribution in [3.8, 4) is 5.75 Å². The van der Waals surface area contributed by atoms with Crippen LogP contribution in [0.1, 0.15) is 22.8 Å². The summed E-state index contributed by atoms with van der Waals surface area (Å²) < 4.78 is 15.3. The minimum absolute atomic E-state index is 0.0192. The molecule has 134 valence electrons. The van der Waals surface area contributed by atoms with Crippen molar-refractivity contribution >= 4 is 11.7 Å². The molecule has 26 heavy (non-hydrogen) atoms. The SMILES string of the molecule is COC(=O)C1=C(N)Oc2cc(C)oc(=O)c2[C@@H]1c1cccc([N+](=O)[O-])c1. The number of non-ortho nitro benzene ring substituents is 1. The first-order valence-corrected chi connectivity index (χ1v) is 7.48. The van der Waals surface area contributed by atoms with Crippen LogP contribution in [0.4, 0.5) is 5.69 Å². The number of ether oxygens (including phenoxy) is 2. The van der Waals surface area contributed by atoms with Gasteiger partial charge < -0.3 is 19.6 Å². The van der Waals surface area contributed by atoms with E-state index in [0.29, 0.717) is 11.3 Å². The molecule has 1 aliphatic rings. The van der Waals surface area contributed by atoms with E-state index in [-0.39, 0.29) is 28.5 Å². The topological polar surface area (TPSA) is 135 Å². The Kier molecular flexibility index (Phi) is 4.21. The van der Waals surface area contributed by atoms with Gasteiger partial charge >= 0.3 is 11.6 Å². The van der Waals surface area contributed by atoms with E-state index in [1.807, 2.05) is 0 Å². The molecule has 0 spiro atoms. The smallest absolute Gasteiger partial charge is 0.343 e. The van der Waals surface area contributed by atoms with E-state index in [1.54, 1.807) is 13.0 Å². The van der Waals surface area contributed by atoms with Gasteiger partial charge in [-0.3, -0.25) is 10.1 Å². The molecule has 0 fully saturated rings. The fourth-order valence-corrected chi connectivity index (χ4v) is 2.88. The highest BCUT2D eigenvalue weighted by atomic mass is 16.6. The number of nitro groups is 1. The molecule has 0 aliphatic carbocycles. The van der Waals surface area contributed by atoms with Gasteiger partial charge in [-0.25, -0.2) is 9.59 Å². The minimum Gasteiger partial charge on any atom is -0.465 e. The fourth-order valence-electron chi connectivity index (χ4n) is 2.88. The van der Waals surface area contributed by atoms with E-state index in [2.05, 4.69) is 0 Å². The summed E-state index contributed by atoms with van der Waals surface area (Å²) >= 11 is 0. The molecule has 0 saturated carbocycles. The molecule has 1 atom stereocenters. The van der Waals surface area contributed by atoms with E-state index in [0.717, 1.165) is 7.11 Å². The molecule has 0 radical (unpaired) electrons. The molecule has 0 amide bonds. The van der Waals surface area contributed by atoms with E-state index < -0.39 is 22.4 Å². The molecule has 0 saturated heterocycles. The summed E-state index contributed by atoms with van der Waals surface area (Å²) in [4.78, 5) is 35.2. The van der Waals surface area contributed by atoms with Gasteiger partial charge in [0, 0.05) is 18.2 Å². The van der Waals surface area contributed by atoms with Crippen molar-refractivity contribution in [2.24, 2.45) is 5.73 Å². The van der Waals surface area contributed by atoms with Crippen LogP contribution in [-0.4, -0.2) is 18.0 Å². The van der Waals surface area contributed by atoms with Gasteiger partial charge in [-0.15, -0.1) is 0 Å². The molecule has 1 aromatic heterocycles. The van der Waals surface area contributed by atoms with Gasteiger partial charge in [-0.1, -0.05) is 12.1 Å². The molecule has 9 heteroatoms. The number of carbonyl (C=O) groups excluding carboxylic acids is 1. The number of aryl methyl sites for hydroxylation is 1. The first-order chi connectivity index (χ1) is 12.3. The van der Waals surface area contributed by atoms with Gasteiger partial charge in [-0.2, -0.15) is 0 Å². The summed E-state index contributed by atoms with van der Waals surface area (Å²) in [6.07, 6.45) is 0. The number of nitro benzene ring substituents is 1. The van der Waals surface area contributed by atoms with E-state index >= 15 is 0 Å². The number of hydrogen-bond donors (Lipinski definition) is 1. The molecular weight excluding hydrogens is 344 g/mol. The molecule has 0 bridgehead atoms. The van der Waals surface area contributed by atoms with Crippen molar-refractivity contribution in [3.05, 3.63) is 79.2 Å². The number of carbonyl (C=O) groups is 1. The molecule has 0 unspecified atom stereocenters. The maximum absolute atomic E-state index is 12.5. The third-order valence-electron chi connectivity index (χ3n) is 3.96. The average molecular weight is 358 g/mol. The number of methoxy groups -OCH3 is 1. The number of benzene rings is 1. The van der Waals surface area contributed by atoms with Crippen LogP contribution < -0.4 is 16.1 Å². The predicted octanol–water partition coefficient (Wildman–Crippen LogP) is 1.72. The highest BCUT2D eigenvalue weighted by molar-refractivity contribution is 5.92. The largest absolute Gasteiger partial charge is 0.465 e. The summed E-state index contributed by atoms with van der Waals surface area (Å²) in [6, 6.07) is 7.01. The van der Waals surface area contributed by atoms with E-state index in [4.69, 9.17) is 19.6 Å². The zero-order valence-corrected chi connectivity index (χ0v) is 13.8. The number of nitrogens with zero attached hydrogens (tertiary/aromatic N) is 1. The van der Waals surface area contributed by atoms with E-state index in [1.165, 1.54) is 24.3 Å². The van der Waals surface area contributed by atoms with Crippen molar-refractivity contribution in [3.63, 3.8) is 0 Å². The lowest BCUT2D eigenvalue weighted by Gasteiger charge is -2.27. The Labute approximate surface area is 146 Å². The maximum Gasteiger partial charge on any atom is 0.343 e. The first kappa shape index (κ1) is 17.2. The normalized spacial score (nSPS) is 15.8. The molecule has 3 rings (SSSR count). The molecule has 2 heterocycles. The molecule has 9 nitrogen and oxygen atoms in total. The number of rotatable bonds is 3. The Morgan fingerprint density at radius 3 is 2.73 bits per heavy atom. The molecule has 2 aromatic rings. The second-order valence-electron chi connectivity index (χ2n) is 5.58. The molecular formula is C17H14N2O7. The Hall–Kier alpha value is -3.62. The highest BCUT2D eigenvalue weighted by Gasteiger charge is 2.38. The second-order valence-corrected chi connectivity index (χ2v) is 5.58. The Balaban J connectivity index is 2.32. The van der Waals surface area contributed by atoms with Gasteiger partial charge in [-0.05, 0) is 12.5 Å².